The van der Waals surface area contributed by atoms with Crippen LogP contribution in [0.15, 0.2) is 43.9 Å². The van der Waals surface area contributed by atoms with Crippen molar-refractivity contribution >= 4 is 27.9 Å². The molecule has 21 heavy (non-hydrogen) atoms. The first-order valence-electron chi connectivity index (χ1n) is 6.84. The van der Waals surface area contributed by atoms with Gasteiger partial charge in [0, 0.05) is 6.66 Å². The van der Waals surface area contributed by atoms with Crippen LogP contribution in [-0.4, -0.2) is 33.3 Å². The minimum atomic E-state index is -2.12. The standard InChI is InChI=1S/C14H24N3OP3/c1-7-8-13-9-11-14(12-10-13)18-21(6)16-19(2,3)15-20(4,5)17-21/h7-12H,1-6H3. The van der Waals surface area contributed by atoms with E-state index in [0.717, 1.165) is 5.75 Å². The quantitative estimate of drug-likeness (QED) is 0.576. The molecule has 0 aromatic heterocycles. The summed E-state index contributed by atoms with van der Waals surface area (Å²) in [6.45, 7) is 12.6. The molecule has 0 bridgehead atoms. The molecule has 0 saturated carbocycles. The molecule has 1 unspecified atom stereocenters. The van der Waals surface area contributed by atoms with Crippen molar-refractivity contribution in [1.29, 1.82) is 0 Å². The highest BCUT2D eigenvalue weighted by Crippen LogP contribution is 2.72. The lowest BCUT2D eigenvalue weighted by atomic mass is 10.2. The van der Waals surface area contributed by atoms with Gasteiger partial charge in [-0.1, -0.05) is 24.3 Å². The minimum absolute atomic E-state index is 0.841. The third-order valence-electron chi connectivity index (χ3n) is 2.73. The average Bonchev–Trinajstić information content (AvgIpc) is 2.26. The van der Waals surface area contributed by atoms with Crippen LogP contribution in [0.1, 0.15) is 12.5 Å². The van der Waals surface area contributed by atoms with E-state index >= 15 is 0 Å². The fourth-order valence-corrected chi connectivity index (χ4v) is 15.5. The SMILES string of the molecule is CC=Cc1ccc(OP2(C)=NP(C)(C)=NP(C)(C)=N2)cc1. The van der Waals surface area contributed by atoms with E-state index in [9.17, 15) is 0 Å². The Labute approximate surface area is 128 Å². The van der Waals surface area contributed by atoms with Crippen molar-refractivity contribution in [3.8, 4) is 5.75 Å². The molecule has 1 atom stereocenters. The van der Waals surface area contributed by atoms with Gasteiger partial charge in [0.2, 0.25) is 7.43 Å². The highest BCUT2D eigenvalue weighted by molar-refractivity contribution is 7.84. The monoisotopic (exact) mass is 343 g/mol. The van der Waals surface area contributed by atoms with Gasteiger partial charge in [-0.3, -0.25) is 0 Å². The number of benzene rings is 1. The maximum absolute atomic E-state index is 6.20. The zero-order valence-corrected chi connectivity index (χ0v) is 16.2. The summed E-state index contributed by atoms with van der Waals surface area (Å²) in [7, 11) is -5.36. The second-order valence-corrected chi connectivity index (χ2v) is 15.3. The Kier molecular flexibility index (Phi) is 4.74. The van der Waals surface area contributed by atoms with E-state index in [2.05, 4.69) is 44.9 Å². The normalized spacial score (nSPS) is 26.6. The molecule has 0 N–H and O–H groups in total. The molecular formula is C14H24N3OP3. The van der Waals surface area contributed by atoms with E-state index in [1.54, 1.807) is 0 Å². The van der Waals surface area contributed by atoms with Crippen LogP contribution >= 0.6 is 21.8 Å². The van der Waals surface area contributed by atoms with Crippen LogP contribution in [-0.2, 0) is 0 Å². The molecule has 0 saturated heterocycles. The lowest BCUT2D eigenvalue weighted by Crippen LogP contribution is -1.93. The van der Waals surface area contributed by atoms with E-state index in [1.807, 2.05) is 31.8 Å². The van der Waals surface area contributed by atoms with Crippen molar-refractivity contribution in [2.45, 2.75) is 6.92 Å². The zero-order chi connectivity index (χ0) is 15.7. The summed E-state index contributed by atoms with van der Waals surface area (Å²) in [5, 5.41) is 0. The third kappa shape index (κ3) is 4.71. The Morgan fingerprint density at radius 3 is 1.95 bits per heavy atom. The van der Waals surface area contributed by atoms with Crippen LogP contribution in [0, 0.1) is 0 Å². The Morgan fingerprint density at radius 2 is 1.43 bits per heavy atom. The zero-order valence-electron chi connectivity index (χ0n) is 13.6. The number of hydrogen-bond donors (Lipinski definition) is 0. The summed E-state index contributed by atoms with van der Waals surface area (Å²) >= 11 is 0. The van der Waals surface area contributed by atoms with Crippen LogP contribution in [0.3, 0.4) is 0 Å². The summed E-state index contributed by atoms with van der Waals surface area (Å²) in [4.78, 5) is 0. The van der Waals surface area contributed by atoms with E-state index in [-0.39, 0.29) is 0 Å². The second-order valence-electron chi connectivity index (χ2n) is 5.94. The van der Waals surface area contributed by atoms with Crippen LogP contribution < -0.4 is 4.52 Å². The Morgan fingerprint density at radius 1 is 0.857 bits per heavy atom. The van der Waals surface area contributed by atoms with Crippen molar-refractivity contribution < 1.29 is 4.52 Å². The largest absolute Gasteiger partial charge is 0.441 e. The molecule has 1 aromatic rings. The Bertz CT molecular complexity index is 713. The van der Waals surface area contributed by atoms with E-state index < -0.39 is 21.8 Å². The summed E-state index contributed by atoms with van der Waals surface area (Å²) in [5.41, 5.74) is 1.17. The topological polar surface area (TPSA) is 46.3 Å². The van der Waals surface area contributed by atoms with Gasteiger partial charge in [0.25, 0.3) is 0 Å². The van der Waals surface area contributed by atoms with Gasteiger partial charge in [-0.2, -0.15) is 0 Å². The maximum atomic E-state index is 6.20. The molecule has 2 rings (SSSR count). The Hall–Kier alpha value is -0.550. The van der Waals surface area contributed by atoms with Crippen LogP contribution in [0.5, 0.6) is 5.75 Å². The first kappa shape index (κ1) is 16.8. The van der Waals surface area contributed by atoms with Gasteiger partial charge in [0.15, 0.2) is 0 Å². The van der Waals surface area contributed by atoms with E-state index in [4.69, 9.17) is 18.1 Å². The van der Waals surface area contributed by atoms with Crippen molar-refractivity contribution in [1.82, 2.24) is 0 Å². The molecule has 0 fully saturated rings. The predicted molar refractivity (Wildman–Crippen MR) is 99.4 cm³/mol. The van der Waals surface area contributed by atoms with Gasteiger partial charge in [0.05, 0.1) is 14.4 Å². The van der Waals surface area contributed by atoms with Crippen LogP contribution in [0.4, 0.5) is 0 Å². The molecule has 1 aliphatic heterocycles. The first-order chi connectivity index (χ1) is 9.63. The van der Waals surface area contributed by atoms with Crippen molar-refractivity contribution in [2.75, 3.05) is 33.3 Å². The summed E-state index contributed by atoms with van der Waals surface area (Å²) in [6, 6.07) is 8.09. The molecule has 4 nitrogen and oxygen atoms in total. The summed E-state index contributed by atoms with van der Waals surface area (Å²) in [5.74, 6) is 0.841. The van der Waals surface area contributed by atoms with Crippen molar-refractivity contribution in [3.05, 3.63) is 35.9 Å². The molecule has 1 aliphatic rings. The van der Waals surface area contributed by atoms with Crippen LogP contribution in [0.25, 0.3) is 6.08 Å². The van der Waals surface area contributed by atoms with Crippen molar-refractivity contribution in [3.63, 3.8) is 0 Å². The number of hydrogen-bond acceptors (Lipinski definition) is 4. The molecule has 0 aliphatic carbocycles. The van der Waals surface area contributed by atoms with Crippen molar-refractivity contribution in [2.24, 2.45) is 13.5 Å². The molecule has 1 heterocycles. The molecule has 116 valence electrons. The molecule has 0 amide bonds. The van der Waals surface area contributed by atoms with Gasteiger partial charge in [-0.15, -0.1) is 0 Å². The number of allylic oxidation sites excluding steroid dienone is 1. The maximum Gasteiger partial charge on any atom is 0.248 e. The van der Waals surface area contributed by atoms with E-state index in [1.165, 1.54) is 5.56 Å². The summed E-state index contributed by atoms with van der Waals surface area (Å²) in [6.07, 6.45) is 4.09. The predicted octanol–water partition coefficient (Wildman–Crippen LogP) is 6.52. The van der Waals surface area contributed by atoms with Gasteiger partial charge >= 0.3 is 0 Å². The highest BCUT2D eigenvalue weighted by Gasteiger charge is 2.26. The van der Waals surface area contributed by atoms with E-state index in [0.29, 0.717) is 0 Å². The highest BCUT2D eigenvalue weighted by atomic mass is 31.3. The van der Waals surface area contributed by atoms with Gasteiger partial charge < -0.3 is 4.52 Å². The smallest absolute Gasteiger partial charge is 0.248 e. The fraction of sp³-hybridized carbons (Fsp3) is 0.429. The summed E-state index contributed by atoms with van der Waals surface area (Å²) < 4.78 is 20.8. The molecule has 0 radical (unpaired) electrons. The Balaban J connectivity index is 2.37. The number of rotatable bonds is 3. The number of nitrogens with zero attached hydrogens (tertiary/aromatic N) is 3. The first-order valence-corrected chi connectivity index (χ1v) is 14.1. The van der Waals surface area contributed by atoms with Gasteiger partial charge in [0.1, 0.15) is 5.75 Å². The van der Waals surface area contributed by atoms with Crippen LogP contribution in [0.2, 0.25) is 0 Å². The van der Waals surface area contributed by atoms with Gasteiger partial charge in [-0.05, 0) is 51.3 Å². The lowest BCUT2D eigenvalue weighted by Gasteiger charge is -2.28. The van der Waals surface area contributed by atoms with Gasteiger partial charge in [-0.25, -0.2) is 13.5 Å². The fourth-order valence-electron chi connectivity index (χ4n) is 2.47. The molecule has 1 aromatic carbocycles. The second kappa shape index (κ2) is 5.92. The average molecular weight is 343 g/mol. The molecule has 7 heteroatoms. The third-order valence-corrected chi connectivity index (χ3v) is 12.9. The lowest BCUT2D eigenvalue weighted by molar-refractivity contribution is 0.610. The molecular weight excluding hydrogens is 319 g/mol. The molecule has 0 spiro atoms. The minimum Gasteiger partial charge on any atom is -0.441 e.